The van der Waals surface area contributed by atoms with E-state index in [4.69, 9.17) is 11.6 Å². The van der Waals surface area contributed by atoms with Crippen molar-refractivity contribution >= 4 is 23.5 Å². The molecule has 0 aliphatic rings. The van der Waals surface area contributed by atoms with Crippen molar-refractivity contribution in [2.45, 2.75) is 26.3 Å². The maximum atomic E-state index is 11.4. The van der Waals surface area contributed by atoms with Gasteiger partial charge in [0.2, 0.25) is 5.91 Å². The maximum Gasteiger partial charge on any atom is 0.330 e. The van der Waals surface area contributed by atoms with Crippen LogP contribution in [-0.4, -0.2) is 30.4 Å². The van der Waals surface area contributed by atoms with Gasteiger partial charge < -0.3 is 10.1 Å². The number of ether oxygens (including phenoxy) is 1. The van der Waals surface area contributed by atoms with Gasteiger partial charge in [-0.2, -0.15) is 0 Å². The van der Waals surface area contributed by atoms with Crippen LogP contribution in [0.2, 0.25) is 0 Å². The van der Waals surface area contributed by atoms with Gasteiger partial charge in [0.05, 0.1) is 7.11 Å². The first-order valence-corrected chi connectivity index (χ1v) is 4.85. The molecule has 0 aromatic rings. The molecule has 5 heteroatoms. The van der Waals surface area contributed by atoms with Crippen molar-refractivity contribution in [1.82, 2.24) is 5.32 Å². The van der Waals surface area contributed by atoms with E-state index in [9.17, 15) is 9.59 Å². The first-order chi connectivity index (χ1) is 6.35. The van der Waals surface area contributed by atoms with Gasteiger partial charge >= 0.3 is 5.97 Å². The van der Waals surface area contributed by atoms with Crippen LogP contribution in [0.1, 0.15) is 20.8 Å². The Morgan fingerprint density at radius 3 is 2.36 bits per heavy atom. The van der Waals surface area contributed by atoms with Gasteiger partial charge in [-0.15, -0.1) is 11.6 Å². The van der Waals surface area contributed by atoms with E-state index in [2.05, 4.69) is 10.1 Å². The van der Waals surface area contributed by atoms with Gasteiger partial charge in [-0.1, -0.05) is 6.92 Å². The van der Waals surface area contributed by atoms with Crippen molar-refractivity contribution in [3.8, 4) is 0 Å². The van der Waals surface area contributed by atoms with Gasteiger partial charge in [-0.3, -0.25) is 4.79 Å². The summed E-state index contributed by atoms with van der Waals surface area (Å²) in [6, 6.07) is 0. The van der Waals surface area contributed by atoms with Crippen LogP contribution in [0.4, 0.5) is 0 Å². The number of methoxy groups -OCH3 is 1. The van der Waals surface area contributed by atoms with E-state index in [0.717, 1.165) is 0 Å². The Morgan fingerprint density at radius 2 is 2.00 bits per heavy atom. The molecule has 0 aliphatic heterocycles. The molecular weight excluding hydrogens is 206 g/mol. The third-order valence-corrected chi connectivity index (χ3v) is 2.27. The zero-order valence-corrected chi connectivity index (χ0v) is 9.64. The maximum absolute atomic E-state index is 11.4. The summed E-state index contributed by atoms with van der Waals surface area (Å²) in [6.07, 6.45) is 0. The molecule has 1 N–H and O–H groups in total. The highest BCUT2D eigenvalue weighted by Crippen LogP contribution is 2.07. The zero-order chi connectivity index (χ0) is 11.4. The minimum atomic E-state index is -1.01. The predicted molar refractivity (Wildman–Crippen MR) is 54.1 cm³/mol. The van der Waals surface area contributed by atoms with Crippen LogP contribution in [0.15, 0.2) is 0 Å². The molecule has 0 aliphatic carbocycles. The summed E-state index contributed by atoms with van der Waals surface area (Å²) in [5, 5.41) is 2.56. The fraction of sp³-hybridized carbons (Fsp3) is 0.778. The van der Waals surface area contributed by atoms with Gasteiger partial charge in [0.25, 0.3) is 0 Å². The second-order valence-electron chi connectivity index (χ2n) is 3.66. The molecule has 82 valence electrons. The Balaban J connectivity index is 4.36. The first-order valence-electron chi connectivity index (χ1n) is 4.31. The molecule has 1 atom stereocenters. The average molecular weight is 222 g/mol. The summed E-state index contributed by atoms with van der Waals surface area (Å²) in [6.45, 7) is 4.85. The number of hydrogen-bond donors (Lipinski definition) is 1. The lowest BCUT2D eigenvalue weighted by molar-refractivity contribution is -0.149. The zero-order valence-electron chi connectivity index (χ0n) is 8.89. The molecule has 1 unspecified atom stereocenters. The Hall–Kier alpha value is -0.770. The third kappa shape index (κ3) is 3.54. The molecule has 14 heavy (non-hydrogen) atoms. The monoisotopic (exact) mass is 221 g/mol. The highest BCUT2D eigenvalue weighted by atomic mass is 35.5. The van der Waals surface area contributed by atoms with Gasteiger partial charge in [0.15, 0.2) is 0 Å². The Labute approximate surface area is 88.9 Å². The van der Waals surface area contributed by atoms with Gasteiger partial charge in [-0.25, -0.2) is 4.79 Å². The molecule has 0 bridgehead atoms. The van der Waals surface area contributed by atoms with Gasteiger partial charge in [-0.05, 0) is 13.8 Å². The molecule has 0 rings (SSSR count). The molecule has 1 amide bonds. The van der Waals surface area contributed by atoms with Crippen LogP contribution in [0.3, 0.4) is 0 Å². The Morgan fingerprint density at radius 1 is 1.50 bits per heavy atom. The van der Waals surface area contributed by atoms with Crippen molar-refractivity contribution in [3.63, 3.8) is 0 Å². The lowest BCUT2D eigenvalue weighted by Gasteiger charge is -2.24. The molecule has 0 radical (unpaired) electrons. The molecule has 0 saturated carbocycles. The topological polar surface area (TPSA) is 55.4 Å². The summed E-state index contributed by atoms with van der Waals surface area (Å²) in [7, 11) is 1.28. The second kappa shape index (κ2) is 5.20. The fourth-order valence-electron chi connectivity index (χ4n) is 0.807. The molecule has 4 nitrogen and oxygen atoms in total. The van der Waals surface area contributed by atoms with E-state index in [-0.39, 0.29) is 17.7 Å². The molecule has 0 heterocycles. The number of carbonyl (C=O) groups excluding carboxylic acids is 2. The van der Waals surface area contributed by atoms with Crippen LogP contribution < -0.4 is 5.32 Å². The number of nitrogens with one attached hydrogen (secondary N) is 1. The van der Waals surface area contributed by atoms with Crippen molar-refractivity contribution in [2.75, 3.05) is 13.0 Å². The van der Waals surface area contributed by atoms with E-state index in [1.165, 1.54) is 7.11 Å². The molecule has 0 saturated heterocycles. The van der Waals surface area contributed by atoms with Gasteiger partial charge in [0, 0.05) is 11.8 Å². The largest absolute Gasteiger partial charge is 0.467 e. The molecule has 0 aromatic heterocycles. The number of esters is 1. The van der Waals surface area contributed by atoms with Crippen molar-refractivity contribution in [3.05, 3.63) is 0 Å². The van der Waals surface area contributed by atoms with E-state index < -0.39 is 11.5 Å². The normalized spacial score (nSPS) is 13.2. The lowest BCUT2D eigenvalue weighted by Crippen LogP contribution is -2.52. The molecule has 0 fully saturated rings. The van der Waals surface area contributed by atoms with E-state index >= 15 is 0 Å². The summed E-state index contributed by atoms with van der Waals surface area (Å²) >= 11 is 5.51. The van der Waals surface area contributed by atoms with Gasteiger partial charge in [0.1, 0.15) is 5.54 Å². The minimum absolute atomic E-state index is 0.225. The second-order valence-corrected chi connectivity index (χ2v) is 3.97. The molecular formula is C9H16ClNO3. The van der Waals surface area contributed by atoms with Crippen LogP contribution in [0.5, 0.6) is 0 Å². The van der Waals surface area contributed by atoms with E-state index in [1.807, 2.05) is 0 Å². The number of halogens is 1. The lowest BCUT2D eigenvalue weighted by atomic mass is 10.0. The molecule has 0 aromatic carbocycles. The van der Waals surface area contributed by atoms with Crippen LogP contribution >= 0.6 is 11.6 Å². The number of hydrogen-bond acceptors (Lipinski definition) is 3. The average Bonchev–Trinajstić information content (AvgIpc) is 2.14. The SMILES string of the molecule is COC(=O)C(C)(C)NC(=O)C(C)CCl. The number of rotatable bonds is 4. The summed E-state index contributed by atoms with van der Waals surface area (Å²) < 4.78 is 4.54. The smallest absolute Gasteiger partial charge is 0.330 e. The van der Waals surface area contributed by atoms with Crippen LogP contribution in [-0.2, 0) is 14.3 Å². The summed E-state index contributed by atoms with van der Waals surface area (Å²) in [5.41, 5.74) is -1.01. The standard InChI is InChI=1S/C9H16ClNO3/c1-6(5-10)7(12)11-9(2,3)8(13)14-4/h6H,5H2,1-4H3,(H,11,12). The Bertz CT molecular complexity index is 228. The Kier molecular flexibility index (Phi) is 4.91. The van der Waals surface area contributed by atoms with E-state index in [0.29, 0.717) is 0 Å². The van der Waals surface area contributed by atoms with Crippen molar-refractivity contribution < 1.29 is 14.3 Å². The quantitative estimate of drug-likeness (QED) is 0.568. The minimum Gasteiger partial charge on any atom is -0.467 e. The highest BCUT2D eigenvalue weighted by molar-refractivity contribution is 6.19. The number of amides is 1. The third-order valence-electron chi connectivity index (χ3n) is 1.81. The van der Waals surface area contributed by atoms with Crippen LogP contribution in [0.25, 0.3) is 0 Å². The summed E-state index contributed by atoms with van der Waals surface area (Å²) in [4.78, 5) is 22.6. The van der Waals surface area contributed by atoms with Crippen LogP contribution in [0, 0.1) is 5.92 Å². The summed E-state index contributed by atoms with van der Waals surface area (Å²) in [5.74, 6) is -0.827. The first kappa shape index (κ1) is 13.2. The predicted octanol–water partition coefficient (Wildman–Crippen LogP) is 0.929. The molecule has 0 spiro atoms. The highest BCUT2D eigenvalue weighted by Gasteiger charge is 2.31. The van der Waals surface area contributed by atoms with Crippen molar-refractivity contribution in [2.24, 2.45) is 5.92 Å². The fourth-order valence-corrected chi connectivity index (χ4v) is 0.948. The van der Waals surface area contributed by atoms with Crippen molar-refractivity contribution in [1.29, 1.82) is 0 Å². The van der Waals surface area contributed by atoms with E-state index in [1.54, 1.807) is 20.8 Å². The number of carbonyl (C=O) groups is 2. The number of alkyl halides is 1.